The molecule has 0 bridgehead atoms. The van der Waals surface area contributed by atoms with Gasteiger partial charge in [-0.15, -0.1) is 0 Å². The lowest BCUT2D eigenvalue weighted by Gasteiger charge is -2.22. The lowest BCUT2D eigenvalue weighted by molar-refractivity contribution is 0.108. The third-order valence-corrected chi connectivity index (χ3v) is 3.86. The Morgan fingerprint density at radius 3 is 2.47 bits per heavy atom. The third kappa shape index (κ3) is 2.47. The SMILES string of the molecule is COc1cc(C)cc(C)c1C(O)C1CCCC1. The van der Waals surface area contributed by atoms with Crippen LogP contribution in [0.5, 0.6) is 5.75 Å². The van der Waals surface area contributed by atoms with E-state index in [1.807, 2.05) is 6.07 Å². The predicted molar refractivity (Wildman–Crippen MR) is 69.4 cm³/mol. The van der Waals surface area contributed by atoms with Gasteiger partial charge >= 0.3 is 0 Å². The van der Waals surface area contributed by atoms with Crippen LogP contribution in [0.2, 0.25) is 0 Å². The summed E-state index contributed by atoms with van der Waals surface area (Å²) >= 11 is 0. The molecule has 1 aliphatic carbocycles. The molecule has 0 saturated heterocycles. The topological polar surface area (TPSA) is 29.5 Å². The highest BCUT2D eigenvalue weighted by Gasteiger charge is 2.27. The number of aryl methyl sites for hydroxylation is 2. The van der Waals surface area contributed by atoms with E-state index in [4.69, 9.17) is 4.74 Å². The van der Waals surface area contributed by atoms with Gasteiger partial charge in [0.05, 0.1) is 13.2 Å². The van der Waals surface area contributed by atoms with Crippen LogP contribution in [-0.2, 0) is 0 Å². The van der Waals surface area contributed by atoms with E-state index in [9.17, 15) is 5.11 Å². The van der Waals surface area contributed by atoms with E-state index in [2.05, 4.69) is 19.9 Å². The van der Waals surface area contributed by atoms with Crippen molar-refractivity contribution in [3.8, 4) is 5.75 Å². The van der Waals surface area contributed by atoms with Gasteiger partial charge in [-0.05, 0) is 49.8 Å². The highest BCUT2D eigenvalue weighted by Crippen LogP contribution is 2.40. The molecule has 0 spiro atoms. The van der Waals surface area contributed by atoms with Crippen LogP contribution >= 0.6 is 0 Å². The normalized spacial score (nSPS) is 18.4. The lowest BCUT2D eigenvalue weighted by atomic mass is 9.90. The number of aliphatic hydroxyl groups excluding tert-OH is 1. The van der Waals surface area contributed by atoms with E-state index in [-0.39, 0.29) is 6.10 Å². The number of rotatable bonds is 3. The molecule has 0 radical (unpaired) electrons. The van der Waals surface area contributed by atoms with Crippen molar-refractivity contribution in [2.24, 2.45) is 5.92 Å². The molecule has 1 aromatic rings. The zero-order valence-corrected chi connectivity index (χ0v) is 11.0. The van der Waals surface area contributed by atoms with Crippen molar-refractivity contribution >= 4 is 0 Å². The molecule has 0 heterocycles. The Bertz CT molecular complexity index is 392. The number of ether oxygens (including phenoxy) is 1. The van der Waals surface area contributed by atoms with Crippen LogP contribution in [0.1, 0.15) is 48.5 Å². The lowest BCUT2D eigenvalue weighted by Crippen LogP contribution is -2.12. The number of aliphatic hydroxyl groups is 1. The predicted octanol–water partition coefficient (Wildman–Crippen LogP) is 3.54. The average Bonchev–Trinajstić information content (AvgIpc) is 2.80. The minimum atomic E-state index is -0.368. The molecule has 1 N–H and O–H groups in total. The summed E-state index contributed by atoms with van der Waals surface area (Å²) < 4.78 is 5.43. The second-order valence-corrected chi connectivity index (χ2v) is 5.19. The van der Waals surface area contributed by atoms with Crippen LogP contribution in [-0.4, -0.2) is 12.2 Å². The van der Waals surface area contributed by atoms with Gasteiger partial charge in [0.25, 0.3) is 0 Å². The first-order valence-corrected chi connectivity index (χ1v) is 6.46. The second kappa shape index (κ2) is 5.09. The van der Waals surface area contributed by atoms with Crippen LogP contribution in [0.3, 0.4) is 0 Å². The Morgan fingerprint density at radius 1 is 1.24 bits per heavy atom. The van der Waals surface area contributed by atoms with Gasteiger partial charge in [-0.2, -0.15) is 0 Å². The van der Waals surface area contributed by atoms with Gasteiger partial charge in [0, 0.05) is 5.56 Å². The van der Waals surface area contributed by atoms with E-state index < -0.39 is 0 Å². The zero-order valence-electron chi connectivity index (χ0n) is 11.0. The Balaban J connectivity index is 2.35. The molecule has 1 unspecified atom stereocenters. The Hall–Kier alpha value is -1.02. The van der Waals surface area contributed by atoms with Gasteiger partial charge in [0.15, 0.2) is 0 Å². The summed E-state index contributed by atoms with van der Waals surface area (Å²) in [6, 6.07) is 4.14. The van der Waals surface area contributed by atoms with Crippen LogP contribution in [0.4, 0.5) is 0 Å². The van der Waals surface area contributed by atoms with Gasteiger partial charge < -0.3 is 9.84 Å². The maximum Gasteiger partial charge on any atom is 0.125 e. The summed E-state index contributed by atoms with van der Waals surface area (Å²) in [6.45, 7) is 4.12. The van der Waals surface area contributed by atoms with E-state index in [0.29, 0.717) is 5.92 Å². The molecule has 1 fully saturated rings. The highest BCUT2D eigenvalue weighted by atomic mass is 16.5. The summed E-state index contributed by atoms with van der Waals surface area (Å²) in [5, 5.41) is 10.5. The quantitative estimate of drug-likeness (QED) is 0.867. The maximum atomic E-state index is 10.5. The summed E-state index contributed by atoms with van der Waals surface area (Å²) in [7, 11) is 1.68. The first kappa shape index (κ1) is 12.4. The first-order valence-electron chi connectivity index (χ1n) is 6.46. The van der Waals surface area contributed by atoms with E-state index in [0.717, 1.165) is 29.7 Å². The molecule has 1 aromatic carbocycles. The van der Waals surface area contributed by atoms with E-state index >= 15 is 0 Å². The van der Waals surface area contributed by atoms with Crippen molar-refractivity contribution in [2.45, 2.75) is 45.6 Å². The highest BCUT2D eigenvalue weighted by molar-refractivity contribution is 5.44. The van der Waals surface area contributed by atoms with Crippen molar-refractivity contribution in [1.82, 2.24) is 0 Å². The monoisotopic (exact) mass is 234 g/mol. The molecule has 1 aliphatic rings. The van der Waals surface area contributed by atoms with Gasteiger partial charge in [-0.25, -0.2) is 0 Å². The summed E-state index contributed by atoms with van der Waals surface area (Å²) in [5.74, 6) is 1.24. The smallest absolute Gasteiger partial charge is 0.125 e. The standard InChI is InChI=1S/C15H22O2/c1-10-8-11(2)14(13(9-10)17-3)15(16)12-6-4-5-7-12/h8-9,12,15-16H,4-7H2,1-3H3. The molecule has 1 atom stereocenters. The van der Waals surface area contributed by atoms with Gasteiger partial charge in [0.1, 0.15) is 5.75 Å². The van der Waals surface area contributed by atoms with Gasteiger partial charge in [0.2, 0.25) is 0 Å². The minimum Gasteiger partial charge on any atom is -0.496 e. The molecule has 0 aromatic heterocycles. The van der Waals surface area contributed by atoms with Crippen LogP contribution in [0, 0.1) is 19.8 Å². The Labute approximate surface area is 104 Å². The first-order chi connectivity index (χ1) is 8.13. The molecular weight excluding hydrogens is 212 g/mol. The fourth-order valence-electron chi connectivity index (χ4n) is 3.00. The molecule has 0 aliphatic heterocycles. The molecule has 2 heteroatoms. The van der Waals surface area contributed by atoms with E-state index in [1.54, 1.807) is 7.11 Å². The molecule has 2 rings (SSSR count). The third-order valence-electron chi connectivity index (χ3n) is 3.86. The van der Waals surface area contributed by atoms with Crippen molar-refractivity contribution in [3.63, 3.8) is 0 Å². The number of hydrogen-bond donors (Lipinski definition) is 1. The van der Waals surface area contributed by atoms with E-state index in [1.165, 1.54) is 18.4 Å². The molecule has 2 nitrogen and oxygen atoms in total. The Morgan fingerprint density at radius 2 is 1.88 bits per heavy atom. The summed E-state index contributed by atoms with van der Waals surface area (Å²) in [4.78, 5) is 0. The molecule has 0 amide bonds. The van der Waals surface area contributed by atoms with Crippen molar-refractivity contribution in [3.05, 3.63) is 28.8 Å². The Kier molecular flexibility index (Phi) is 3.72. The fraction of sp³-hybridized carbons (Fsp3) is 0.600. The summed E-state index contributed by atoms with van der Waals surface area (Å²) in [6.07, 6.45) is 4.40. The number of hydrogen-bond acceptors (Lipinski definition) is 2. The van der Waals surface area contributed by atoms with Crippen LogP contribution < -0.4 is 4.74 Å². The fourth-order valence-corrected chi connectivity index (χ4v) is 3.00. The average molecular weight is 234 g/mol. The van der Waals surface area contributed by atoms with Crippen LogP contribution in [0.15, 0.2) is 12.1 Å². The second-order valence-electron chi connectivity index (χ2n) is 5.19. The van der Waals surface area contributed by atoms with Crippen molar-refractivity contribution in [2.75, 3.05) is 7.11 Å². The zero-order chi connectivity index (χ0) is 12.4. The number of methoxy groups -OCH3 is 1. The minimum absolute atomic E-state index is 0.368. The van der Waals surface area contributed by atoms with Gasteiger partial charge in [-0.1, -0.05) is 18.9 Å². The van der Waals surface area contributed by atoms with Crippen LogP contribution in [0.25, 0.3) is 0 Å². The molecule has 1 saturated carbocycles. The molecule has 17 heavy (non-hydrogen) atoms. The molecular formula is C15H22O2. The van der Waals surface area contributed by atoms with Crippen molar-refractivity contribution < 1.29 is 9.84 Å². The largest absolute Gasteiger partial charge is 0.496 e. The van der Waals surface area contributed by atoms with Gasteiger partial charge in [-0.3, -0.25) is 0 Å². The maximum absolute atomic E-state index is 10.5. The van der Waals surface area contributed by atoms with Crippen molar-refractivity contribution in [1.29, 1.82) is 0 Å². The molecule has 94 valence electrons. The summed E-state index contributed by atoms with van der Waals surface area (Å²) in [5.41, 5.74) is 3.31. The number of benzene rings is 1.